The van der Waals surface area contributed by atoms with E-state index in [1.54, 1.807) is 0 Å². The van der Waals surface area contributed by atoms with Crippen molar-refractivity contribution in [1.82, 2.24) is 9.97 Å². The Kier molecular flexibility index (Phi) is 4.21. The molecular weight excluding hydrogens is 436 g/mol. The fraction of sp³-hybridized carbons (Fsp3) is 0.100. The number of imidazole rings is 1. The Hall–Kier alpha value is -0.240. The molecule has 1 aromatic heterocycles. The zero-order valence-corrected chi connectivity index (χ0v) is 13.4. The molecule has 1 heterocycles. The molecule has 0 aliphatic carbocycles. The zero-order chi connectivity index (χ0) is 14.4. The molecule has 2 aromatic rings. The molecule has 0 aliphatic rings. The molecule has 0 aliphatic heterocycles. The molecule has 0 atom stereocenters. The van der Waals surface area contributed by atoms with Crippen LogP contribution in [0.3, 0.4) is 0 Å². The molecule has 0 saturated heterocycles. The summed E-state index contributed by atoms with van der Waals surface area (Å²) in [5, 5.41) is -0.262. The Morgan fingerprint density at radius 2 is 1.63 bits per heavy atom. The van der Waals surface area contributed by atoms with E-state index in [9.17, 15) is 13.2 Å². The summed E-state index contributed by atoms with van der Waals surface area (Å²) in [6.07, 6.45) is -4.50. The number of alkyl halides is 3. The van der Waals surface area contributed by atoms with E-state index in [0.717, 1.165) is 12.1 Å². The van der Waals surface area contributed by atoms with Gasteiger partial charge in [0.15, 0.2) is 0 Å². The second-order valence-electron chi connectivity index (χ2n) is 3.50. The van der Waals surface area contributed by atoms with E-state index < -0.39 is 11.7 Å². The fourth-order valence-corrected chi connectivity index (χ4v) is 2.63. The molecule has 2 nitrogen and oxygen atoms in total. The number of hydrogen-bond donors (Lipinski definition) is 1. The van der Waals surface area contributed by atoms with Crippen LogP contribution in [-0.4, -0.2) is 9.97 Å². The summed E-state index contributed by atoms with van der Waals surface area (Å²) in [5.41, 5.74) is -0.696. The SMILES string of the molecule is FC(F)(F)c1cc(Cl)c(-c2nc(Br)c(Br)[nH]2)c(Cl)c1. The van der Waals surface area contributed by atoms with Gasteiger partial charge in [-0.15, -0.1) is 0 Å². The molecule has 9 heteroatoms. The highest BCUT2D eigenvalue weighted by atomic mass is 79.9. The van der Waals surface area contributed by atoms with Gasteiger partial charge in [-0.05, 0) is 44.0 Å². The summed E-state index contributed by atoms with van der Waals surface area (Å²) >= 11 is 18.1. The molecule has 0 bridgehead atoms. The van der Waals surface area contributed by atoms with Crippen LogP contribution in [0.15, 0.2) is 21.3 Å². The molecule has 102 valence electrons. The standard InChI is InChI=1S/C10H3Br2Cl2F3N2/c11-7-8(12)19-9(18-7)6-4(13)1-3(2-5(6)14)10(15,16)17/h1-2H,(H,18,19). The van der Waals surface area contributed by atoms with Gasteiger partial charge in [0.1, 0.15) is 15.0 Å². The van der Waals surface area contributed by atoms with Crippen LogP contribution in [0.4, 0.5) is 13.2 Å². The number of aromatic nitrogens is 2. The average molecular weight is 439 g/mol. The minimum atomic E-state index is -4.50. The highest BCUT2D eigenvalue weighted by Gasteiger charge is 2.32. The van der Waals surface area contributed by atoms with E-state index in [0.29, 0.717) is 9.21 Å². The highest BCUT2D eigenvalue weighted by Crippen LogP contribution is 2.40. The number of nitrogens with zero attached hydrogens (tertiary/aromatic N) is 1. The summed E-state index contributed by atoms with van der Waals surface area (Å²) in [6.45, 7) is 0. The maximum atomic E-state index is 12.6. The van der Waals surface area contributed by atoms with E-state index in [1.807, 2.05) is 0 Å². The highest BCUT2D eigenvalue weighted by molar-refractivity contribution is 9.13. The van der Waals surface area contributed by atoms with E-state index in [4.69, 9.17) is 23.2 Å². The molecule has 0 spiro atoms. The molecule has 0 unspecified atom stereocenters. The van der Waals surface area contributed by atoms with Gasteiger partial charge in [0.25, 0.3) is 0 Å². The third-order valence-corrected chi connectivity index (χ3v) is 4.50. The maximum Gasteiger partial charge on any atom is 0.416 e. The molecule has 0 amide bonds. The van der Waals surface area contributed by atoms with Gasteiger partial charge in [0.05, 0.1) is 21.2 Å². The van der Waals surface area contributed by atoms with Crippen LogP contribution in [0, 0.1) is 0 Å². The Labute approximate surface area is 132 Å². The number of benzene rings is 1. The number of rotatable bonds is 1. The number of nitrogens with one attached hydrogen (secondary N) is 1. The van der Waals surface area contributed by atoms with Crippen LogP contribution < -0.4 is 0 Å². The average Bonchev–Trinajstić information content (AvgIpc) is 2.56. The molecule has 19 heavy (non-hydrogen) atoms. The van der Waals surface area contributed by atoms with Crippen LogP contribution in [0.25, 0.3) is 11.4 Å². The predicted molar refractivity (Wildman–Crippen MR) is 74.4 cm³/mol. The fourth-order valence-electron chi connectivity index (χ4n) is 1.41. The van der Waals surface area contributed by atoms with Crippen molar-refractivity contribution in [3.8, 4) is 11.4 Å². The molecule has 0 radical (unpaired) electrons. The van der Waals surface area contributed by atoms with Crippen molar-refractivity contribution in [2.24, 2.45) is 0 Å². The molecule has 0 fully saturated rings. The summed E-state index contributed by atoms with van der Waals surface area (Å²) in [5.74, 6) is 0.266. The first-order valence-corrected chi connectivity index (χ1v) is 7.02. The van der Waals surface area contributed by atoms with Crippen molar-refractivity contribution in [2.75, 3.05) is 0 Å². The molecular formula is C10H3Br2Cl2F3N2. The Bertz CT molecular complexity index is 598. The molecule has 1 N–H and O–H groups in total. The monoisotopic (exact) mass is 436 g/mol. The van der Waals surface area contributed by atoms with E-state index in [-0.39, 0.29) is 21.4 Å². The zero-order valence-electron chi connectivity index (χ0n) is 8.75. The van der Waals surface area contributed by atoms with Gasteiger partial charge in [0.2, 0.25) is 0 Å². The number of hydrogen-bond acceptors (Lipinski definition) is 1. The number of H-pyrrole nitrogens is 1. The summed E-state index contributed by atoms with van der Waals surface area (Å²) in [6, 6.07) is 1.63. The minimum Gasteiger partial charge on any atom is -0.332 e. The minimum absolute atomic E-state index is 0.131. The van der Waals surface area contributed by atoms with Gasteiger partial charge in [-0.1, -0.05) is 23.2 Å². The topological polar surface area (TPSA) is 28.7 Å². The third-order valence-electron chi connectivity index (χ3n) is 2.23. The second-order valence-corrected chi connectivity index (χ2v) is 5.86. The Balaban J connectivity index is 2.60. The van der Waals surface area contributed by atoms with Crippen molar-refractivity contribution in [3.63, 3.8) is 0 Å². The Morgan fingerprint density at radius 3 is 2.00 bits per heavy atom. The van der Waals surface area contributed by atoms with Crippen molar-refractivity contribution in [2.45, 2.75) is 6.18 Å². The largest absolute Gasteiger partial charge is 0.416 e. The van der Waals surface area contributed by atoms with Crippen molar-refractivity contribution >= 4 is 55.1 Å². The molecule has 2 rings (SSSR count). The molecule has 1 aromatic carbocycles. The van der Waals surface area contributed by atoms with Crippen LogP contribution in [0.1, 0.15) is 5.56 Å². The van der Waals surface area contributed by atoms with Gasteiger partial charge in [0, 0.05) is 0 Å². The van der Waals surface area contributed by atoms with Gasteiger partial charge in [-0.25, -0.2) is 4.98 Å². The predicted octanol–water partition coefficient (Wildman–Crippen LogP) is 5.93. The lowest BCUT2D eigenvalue weighted by atomic mass is 10.1. The maximum absolute atomic E-state index is 12.6. The Morgan fingerprint density at radius 1 is 1.11 bits per heavy atom. The van der Waals surface area contributed by atoms with Gasteiger partial charge < -0.3 is 4.98 Å². The summed E-state index contributed by atoms with van der Waals surface area (Å²) in [7, 11) is 0. The van der Waals surface area contributed by atoms with Crippen LogP contribution in [-0.2, 0) is 6.18 Å². The van der Waals surface area contributed by atoms with Crippen LogP contribution in [0.5, 0.6) is 0 Å². The second kappa shape index (κ2) is 5.27. The first-order valence-electron chi connectivity index (χ1n) is 4.67. The van der Waals surface area contributed by atoms with Crippen LogP contribution >= 0.6 is 55.1 Å². The first-order chi connectivity index (χ1) is 8.70. The third kappa shape index (κ3) is 3.09. The van der Waals surface area contributed by atoms with E-state index in [2.05, 4.69) is 41.8 Å². The lowest BCUT2D eigenvalue weighted by Crippen LogP contribution is -2.05. The van der Waals surface area contributed by atoms with E-state index in [1.165, 1.54) is 0 Å². The van der Waals surface area contributed by atoms with Crippen molar-refractivity contribution in [3.05, 3.63) is 36.9 Å². The number of halogens is 7. The smallest absolute Gasteiger partial charge is 0.332 e. The quantitative estimate of drug-likeness (QED) is 0.587. The van der Waals surface area contributed by atoms with E-state index >= 15 is 0 Å². The van der Waals surface area contributed by atoms with Crippen LogP contribution in [0.2, 0.25) is 10.0 Å². The normalized spacial score (nSPS) is 11.9. The van der Waals surface area contributed by atoms with Gasteiger partial charge >= 0.3 is 6.18 Å². The molecule has 0 saturated carbocycles. The van der Waals surface area contributed by atoms with Gasteiger partial charge in [-0.3, -0.25) is 0 Å². The van der Waals surface area contributed by atoms with Crippen molar-refractivity contribution < 1.29 is 13.2 Å². The summed E-state index contributed by atoms with van der Waals surface area (Å²) < 4.78 is 38.8. The lowest BCUT2D eigenvalue weighted by Gasteiger charge is -2.10. The van der Waals surface area contributed by atoms with Gasteiger partial charge in [-0.2, -0.15) is 13.2 Å². The first kappa shape index (κ1) is 15.2. The lowest BCUT2D eigenvalue weighted by molar-refractivity contribution is -0.137. The van der Waals surface area contributed by atoms with Crippen molar-refractivity contribution in [1.29, 1.82) is 0 Å². The number of aromatic amines is 1. The summed E-state index contributed by atoms with van der Waals surface area (Å²) in [4.78, 5) is 6.87.